The van der Waals surface area contributed by atoms with E-state index in [2.05, 4.69) is 54.2 Å². The van der Waals surface area contributed by atoms with Crippen molar-refractivity contribution in [2.75, 3.05) is 33.2 Å². The maximum Gasteiger partial charge on any atom is 0.0104 e. The maximum absolute atomic E-state index is 3.81. The second-order valence-electron chi connectivity index (χ2n) is 6.07. The number of hydrogen-bond donors (Lipinski definition) is 1. The van der Waals surface area contributed by atoms with E-state index in [0.29, 0.717) is 5.41 Å². The van der Waals surface area contributed by atoms with Crippen molar-refractivity contribution in [2.45, 2.75) is 31.1 Å². The van der Waals surface area contributed by atoms with E-state index in [1.807, 2.05) is 6.08 Å². The summed E-state index contributed by atoms with van der Waals surface area (Å²) in [6, 6.07) is 11.1. The fourth-order valence-corrected chi connectivity index (χ4v) is 3.34. The number of piperidine rings is 1. The van der Waals surface area contributed by atoms with Crippen LogP contribution >= 0.6 is 0 Å². The van der Waals surface area contributed by atoms with Gasteiger partial charge in [-0.2, -0.15) is 0 Å². The average Bonchev–Trinajstić information content (AvgIpc) is 2.49. The Labute approximate surface area is 123 Å². The minimum atomic E-state index is 0.329. The lowest BCUT2D eigenvalue weighted by Crippen LogP contribution is -2.47. The molecule has 20 heavy (non-hydrogen) atoms. The zero-order valence-electron chi connectivity index (χ0n) is 12.8. The lowest BCUT2D eigenvalue weighted by molar-refractivity contribution is 0.200. The number of nitrogens with one attached hydrogen (secondary N) is 1. The van der Waals surface area contributed by atoms with Crippen molar-refractivity contribution in [3.05, 3.63) is 48.6 Å². The Kier molecular flexibility index (Phi) is 5.81. The minimum Gasteiger partial charge on any atom is -0.317 e. The van der Waals surface area contributed by atoms with E-state index in [9.17, 15) is 0 Å². The molecule has 1 fully saturated rings. The predicted molar refractivity (Wildman–Crippen MR) is 87.2 cm³/mol. The molecule has 2 rings (SSSR count). The van der Waals surface area contributed by atoms with Gasteiger partial charge in [0.25, 0.3) is 0 Å². The number of allylic oxidation sites excluding steroid dienone is 1. The Bertz CT molecular complexity index is 393. The molecule has 1 saturated heterocycles. The topological polar surface area (TPSA) is 15.3 Å². The predicted octanol–water partition coefficient (Wildman–Crippen LogP) is 3.21. The van der Waals surface area contributed by atoms with Crippen LogP contribution in [0.3, 0.4) is 0 Å². The highest BCUT2D eigenvalue weighted by Crippen LogP contribution is 2.34. The minimum absolute atomic E-state index is 0.329. The van der Waals surface area contributed by atoms with Gasteiger partial charge in [-0.15, -0.1) is 6.58 Å². The Morgan fingerprint density at radius 3 is 2.60 bits per heavy atom. The number of likely N-dealkylation sites (N-methyl/N-ethyl adjacent to an activating group) is 1. The van der Waals surface area contributed by atoms with E-state index in [1.54, 1.807) is 0 Å². The number of hydrogen-bond acceptors (Lipinski definition) is 2. The third-order valence-corrected chi connectivity index (χ3v) is 4.47. The van der Waals surface area contributed by atoms with Crippen molar-refractivity contribution >= 4 is 0 Å². The SMILES string of the molecule is C=CCCCN(C)CC1(c2ccccc2)CCNCC1. The third-order valence-electron chi connectivity index (χ3n) is 4.47. The van der Waals surface area contributed by atoms with Gasteiger partial charge in [0.05, 0.1) is 0 Å². The molecule has 0 amide bonds. The van der Waals surface area contributed by atoms with Gasteiger partial charge >= 0.3 is 0 Å². The van der Waals surface area contributed by atoms with Crippen molar-refractivity contribution in [1.82, 2.24) is 10.2 Å². The van der Waals surface area contributed by atoms with E-state index in [-0.39, 0.29) is 0 Å². The second-order valence-corrected chi connectivity index (χ2v) is 6.07. The van der Waals surface area contributed by atoms with Gasteiger partial charge in [-0.3, -0.25) is 0 Å². The summed E-state index contributed by atoms with van der Waals surface area (Å²) in [6.07, 6.45) is 6.82. The van der Waals surface area contributed by atoms with Gasteiger partial charge in [-0.05, 0) is 57.9 Å². The first-order valence-electron chi connectivity index (χ1n) is 7.82. The van der Waals surface area contributed by atoms with E-state index in [0.717, 1.165) is 32.6 Å². The molecule has 1 N–H and O–H groups in total. The van der Waals surface area contributed by atoms with E-state index in [1.165, 1.54) is 24.8 Å². The van der Waals surface area contributed by atoms with Crippen molar-refractivity contribution in [2.24, 2.45) is 0 Å². The highest BCUT2D eigenvalue weighted by atomic mass is 15.1. The molecule has 0 radical (unpaired) electrons. The third kappa shape index (κ3) is 3.94. The highest BCUT2D eigenvalue weighted by Gasteiger charge is 2.34. The van der Waals surface area contributed by atoms with Crippen LogP contribution in [0.1, 0.15) is 31.2 Å². The summed E-state index contributed by atoms with van der Waals surface area (Å²) in [5.74, 6) is 0. The summed E-state index contributed by atoms with van der Waals surface area (Å²) in [7, 11) is 2.26. The molecule has 1 aromatic rings. The van der Waals surface area contributed by atoms with E-state index in [4.69, 9.17) is 0 Å². The summed E-state index contributed by atoms with van der Waals surface area (Å²) < 4.78 is 0. The smallest absolute Gasteiger partial charge is 0.0104 e. The molecule has 0 atom stereocenters. The van der Waals surface area contributed by atoms with Gasteiger partial charge in [-0.1, -0.05) is 36.4 Å². The first-order valence-corrected chi connectivity index (χ1v) is 7.82. The fraction of sp³-hybridized carbons (Fsp3) is 0.556. The monoisotopic (exact) mass is 272 g/mol. The van der Waals surface area contributed by atoms with E-state index < -0.39 is 0 Å². The molecule has 2 heteroatoms. The maximum atomic E-state index is 3.81. The molecular formula is C18H28N2. The molecule has 0 saturated carbocycles. The Morgan fingerprint density at radius 2 is 1.95 bits per heavy atom. The first-order chi connectivity index (χ1) is 9.77. The average molecular weight is 272 g/mol. The molecule has 0 unspecified atom stereocenters. The zero-order valence-corrected chi connectivity index (χ0v) is 12.8. The van der Waals surface area contributed by atoms with Crippen molar-refractivity contribution in [3.63, 3.8) is 0 Å². The van der Waals surface area contributed by atoms with E-state index >= 15 is 0 Å². The Hall–Kier alpha value is -1.12. The molecule has 0 aromatic heterocycles. The van der Waals surface area contributed by atoms with Crippen LogP contribution in [0.25, 0.3) is 0 Å². The van der Waals surface area contributed by atoms with Gasteiger partial charge in [-0.25, -0.2) is 0 Å². The molecule has 0 aliphatic carbocycles. The van der Waals surface area contributed by atoms with Crippen LogP contribution in [0, 0.1) is 0 Å². The van der Waals surface area contributed by atoms with Gasteiger partial charge in [0.2, 0.25) is 0 Å². The van der Waals surface area contributed by atoms with Crippen LogP contribution in [0.2, 0.25) is 0 Å². The summed E-state index contributed by atoms with van der Waals surface area (Å²) in [6.45, 7) is 8.40. The number of nitrogens with zero attached hydrogens (tertiary/aromatic N) is 1. The molecule has 2 nitrogen and oxygen atoms in total. The largest absolute Gasteiger partial charge is 0.317 e. The Balaban J connectivity index is 2.05. The number of unbranched alkanes of at least 4 members (excludes halogenated alkanes) is 1. The molecule has 1 heterocycles. The number of rotatable bonds is 7. The summed E-state index contributed by atoms with van der Waals surface area (Å²) >= 11 is 0. The normalized spacial score (nSPS) is 18.1. The molecule has 1 aromatic carbocycles. The van der Waals surface area contributed by atoms with Crippen LogP contribution < -0.4 is 5.32 Å². The van der Waals surface area contributed by atoms with Crippen LogP contribution in [-0.4, -0.2) is 38.1 Å². The standard InChI is InChI=1S/C18H28N2/c1-3-4-8-15-20(2)16-18(11-13-19-14-12-18)17-9-6-5-7-10-17/h3,5-7,9-10,19H,1,4,8,11-16H2,2H3. The zero-order chi connectivity index (χ0) is 14.3. The molecular weight excluding hydrogens is 244 g/mol. The van der Waals surface area contributed by atoms with Crippen LogP contribution in [0.5, 0.6) is 0 Å². The lowest BCUT2D eigenvalue weighted by Gasteiger charge is -2.41. The molecule has 110 valence electrons. The number of benzene rings is 1. The first kappa shape index (κ1) is 15.3. The molecule has 1 aliphatic rings. The summed E-state index contributed by atoms with van der Waals surface area (Å²) in [4.78, 5) is 2.50. The van der Waals surface area contributed by atoms with Gasteiger partial charge < -0.3 is 10.2 Å². The molecule has 0 spiro atoms. The summed E-state index contributed by atoms with van der Waals surface area (Å²) in [5.41, 5.74) is 1.84. The highest BCUT2D eigenvalue weighted by molar-refractivity contribution is 5.27. The van der Waals surface area contributed by atoms with Gasteiger partial charge in [0, 0.05) is 12.0 Å². The molecule has 1 aliphatic heterocycles. The quantitative estimate of drug-likeness (QED) is 0.606. The second kappa shape index (κ2) is 7.61. The van der Waals surface area contributed by atoms with Crippen molar-refractivity contribution < 1.29 is 0 Å². The van der Waals surface area contributed by atoms with Crippen LogP contribution in [0.4, 0.5) is 0 Å². The molecule has 0 bridgehead atoms. The van der Waals surface area contributed by atoms with Crippen molar-refractivity contribution in [3.8, 4) is 0 Å². The van der Waals surface area contributed by atoms with Crippen LogP contribution in [0.15, 0.2) is 43.0 Å². The van der Waals surface area contributed by atoms with Gasteiger partial charge in [0.1, 0.15) is 0 Å². The lowest BCUT2D eigenvalue weighted by atomic mass is 9.73. The van der Waals surface area contributed by atoms with Gasteiger partial charge in [0.15, 0.2) is 0 Å². The fourth-order valence-electron chi connectivity index (χ4n) is 3.34. The summed E-state index contributed by atoms with van der Waals surface area (Å²) in [5, 5.41) is 3.50. The van der Waals surface area contributed by atoms with Crippen molar-refractivity contribution in [1.29, 1.82) is 0 Å². The Morgan fingerprint density at radius 1 is 1.25 bits per heavy atom. The van der Waals surface area contributed by atoms with Crippen LogP contribution in [-0.2, 0) is 5.41 Å².